The largest absolute Gasteiger partial charge is 0.369 e. The maximum atomic E-state index is 4.72. The smallest absolute Gasteiger partial charge is 0.140 e. The summed E-state index contributed by atoms with van der Waals surface area (Å²) in [5.41, 5.74) is 11.9. The van der Waals surface area contributed by atoms with E-state index in [-0.39, 0.29) is 0 Å². The van der Waals surface area contributed by atoms with Crippen molar-refractivity contribution in [3.05, 3.63) is 124 Å². The lowest BCUT2D eigenvalue weighted by atomic mass is 9.99. The van der Waals surface area contributed by atoms with Crippen molar-refractivity contribution >= 4 is 49.2 Å². The number of benzene rings is 2. The molecule has 0 amide bonds. The topological polar surface area (TPSA) is 38.9 Å². The van der Waals surface area contributed by atoms with E-state index >= 15 is 0 Å². The number of pyridine rings is 2. The highest BCUT2D eigenvalue weighted by Crippen LogP contribution is 2.35. The van der Waals surface area contributed by atoms with E-state index in [0.717, 1.165) is 11.2 Å². The van der Waals surface area contributed by atoms with Gasteiger partial charge in [0.15, 0.2) is 0 Å². The van der Waals surface area contributed by atoms with Crippen LogP contribution in [0.15, 0.2) is 91.4 Å². The quantitative estimate of drug-likeness (QED) is 0.153. The van der Waals surface area contributed by atoms with Crippen LogP contribution in [0.4, 0.5) is 5.69 Å². The fraction of sp³-hybridized carbons (Fsp3) is 0.481. The molecular weight excluding hydrogens is 751 g/mol. The summed E-state index contributed by atoms with van der Waals surface area (Å²) in [6, 6.07) is 28.4. The van der Waals surface area contributed by atoms with Crippen LogP contribution in [0.5, 0.6) is 0 Å². The second-order valence-electron chi connectivity index (χ2n) is 19.1. The van der Waals surface area contributed by atoms with E-state index in [9.17, 15) is 0 Å². The van der Waals surface area contributed by atoms with Gasteiger partial charge in [0.2, 0.25) is 0 Å². The number of thiophene rings is 1. The molecule has 60 heavy (non-hydrogen) atoms. The molecule has 0 unspecified atom stereocenters. The summed E-state index contributed by atoms with van der Waals surface area (Å²) < 4.78 is 5.93. The van der Waals surface area contributed by atoms with Gasteiger partial charge in [-0.1, -0.05) is 93.5 Å². The normalized spacial score (nSPS) is 12.7. The molecule has 1 aliphatic rings. The number of fused-ring (bicyclic) bond motifs is 4. The van der Waals surface area contributed by atoms with Gasteiger partial charge in [-0.3, -0.25) is 4.98 Å². The zero-order chi connectivity index (χ0) is 44.0. The van der Waals surface area contributed by atoms with Crippen molar-refractivity contribution in [3.63, 3.8) is 0 Å². The number of rotatable bonds is 8. The average Bonchev–Trinajstić information content (AvgIpc) is 4.01. The van der Waals surface area contributed by atoms with Crippen molar-refractivity contribution in [2.24, 2.45) is 0 Å². The molecule has 7 aromatic rings. The van der Waals surface area contributed by atoms with Crippen molar-refractivity contribution < 1.29 is 0 Å². The van der Waals surface area contributed by atoms with E-state index in [2.05, 4.69) is 215 Å². The molecule has 0 radical (unpaired) electrons. The standard InChI is InChI=1S/C14H21N.C14H18S.2C13H18N2/c1-10(2)13-6-5-12-7-8-15(11(3)4)14(12)9-13;1-9(2)11-6-5-7-13-12(11)8-14(15-13)10(3)4;1-9(2)11-7-13-12(14-8-11)5-6-15(13)10(3)4;1-9(2)12-6-5-11-7-8-15(10(3)4)13(11)14-12/h5-6,9-11H,7-8H2,1-4H3;3*5-10H,1-4H3. The molecule has 0 spiro atoms. The van der Waals surface area contributed by atoms with Crippen molar-refractivity contribution in [1.29, 1.82) is 0 Å². The molecule has 0 aliphatic carbocycles. The van der Waals surface area contributed by atoms with E-state index in [1.165, 1.54) is 72.5 Å². The minimum Gasteiger partial charge on any atom is -0.369 e. The monoisotopic (exact) mass is 826 g/mol. The maximum absolute atomic E-state index is 4.72. The molecule has 6 heterocycles. The predicted molar refractivity (Wildman–Crippen MR) is 265 cm³/mol. The molecule has 2 aromatic carbocycles. The fourth-order valence-corrected chi connectivity index (χ4v) is 8.90. The van der Waals surface area contributed by atoms with E-state index in [4.69, 9.17) is 4.98 Å². The maximum Gasteiger partial charge on any atom is 0.140 e. The molecule has 0 atom stereocenters. The summed E-state index contributed by atoms with van der Waals surface area (Å²) in [6.07, 6.45) is 7.43. The number of nitrogens with zero attached hydrogens (tertiary/aromatic N) is 5. The lowest BCUT2D eigenvalue weighted by molar-refractivity contribution is 0.616. The number of hydrogen-bond donors (Lipinski definition) is 0. The minimum absolute atomic E-state index is 0.470. The Morgan fingerprint density at radius 3 is 1.87 bits per heavy atom. The van der Waals surface area contributed by atoms with Gasteiger partial charge in [-0.05, 0) is 154 Å². The van der Waals surface area contributed by atoms with Crippen molar-refractivity contribution in [1.82, 2.24) is 19.1 Å². The fourth-order valence-electron chi connectivity index (χ4n) is 7.80. The van der Waals surface area contributed by atoms with E-state index in [1.54, 1.807) is 0 Å². The molecule has 0 saturated carbocycles. The lowest BCUT2D eigenvalue weighted by Gasteiger charge is -2.24. The third-order valence-electron chi connectivity index (χ3n) is 11.7. The van der Waals surface area contributed by atoms with Crippen LogP contribution in [0, 0.1) is 0 Å². The highest BCUT2D eigenvalue weighted by Gasteiger charge is 2.21. The molecule has 6 heteroatoms. The van der Waals surface area contributed by atoms with Crippen molar-refractivity contribution in [2.45, 2.75) is 165 Å². The highest BCUT2D eigenvalue weighted by atomic mass is 32.1. The van der Waals surface area contributed by atoms with Crippen LogP contribution in [0.3, 0.4) is 0 Å². The summed E-state index contributed by atoms with van der Waals surface area (Å²) in [6.45, 7) is 36.8. The molecule has 322 valence electrons. The van der Waals surface area contributed by atoms with Crippen molar-refractivity contribution in [2.75, 3.05) is 11.4 Å². The van der Waals surface area contributed by atoms with Gasteiger partial charge in [-0.15, -0.1) is 11.3 Å². The van der Waals surface area contributed by atoms with Crippen LogP contribution in [-0.2, 0) is 6.42 Å². The Bertz CT molecular complexity index is 2340. The predicted octanol–water partition coefficient (Wildman–Crippen LogP) is 16.2. The molecule has 0 N–H and O–H groups in total. The molecule has 0 fully saturated rings. The molecule has 8 rings (SSSR count). The van der Waals surface area contributed by atoms with Gasteiger partial charge in [0.1, 0.15) is 5.65 Å². The van der Waals surface area contributed by atoms with E-state index < -0.39 is 0 Å². The van der Waals surface area contributed by atoms with Gasteiger partial charge < -0.3 is 14.0 Å². The number of anilines is 1. The zero-order valence-electron chi connectivity index (χ0n) is 39.8. The molecule has 0 saturated heterocycles. The van der Waals surface area contributed by atoms with Crippen LogP contribution in [0.1, 0.15) is 185 Å². The zero-order valence-corrected chi connectivity index (χ0v) is 40.7. The first kappa shape index (κ1) is 46.6. The average molecular weight is 826 g/mol. The lowest BCUT2D eigenvalue weighted by Crippen LogP contribution is -2.28. The summed E-state index contributed by atoms with van der Waals surface area (Å²) >= 11 is 1.94. The van der Waals surface area contributed by atoms with Gasteiger partial charge in [-0.2, -0.15) is 0 Å². The van der Waals surface area contributed by atoms with Crippen LogP contribution in [-0.4, -0.2) is 31.7 Å². The Morgan fingerprint density at radius 1 is 0.583 bits per heavy atom. The Labute approximate surface area is 367 Å². The number of aromatic nitrogens is 4. The summed E-state index contributed by atoms with van der Waals surface area (Å²) in [7, 11) is 0. The third-order valence-corrected chi connectivity index (χ3v) is 13.1. The Morgan fingerprint density at radius 2 is 1.27 bits per heavy atom. The third kappa shape index (κ3) is 11.1. The van der Waals surface area contributed by atoms with Gasteiger partial charge in [0.05, 0.1) is 11.0 Å². The van der Waals surface area contributed by atoms with E-state index in [1.807, 2.05) is 17.5 Å². The summed E-state index contributed by atoms with van der Waals surface area (Å²) in [5, 5.41) is 2.69. The Hall–Kier alpha value is -4.42. The van der Waals surface area contributed by atoms with Gasteiger partial charge in [0.25, 0.3) is 0 Å². The summed E-state index contributed by atoms with van der Waals surface area (Å²) in [5.74, 6) is 2.91. The molecule has 5 nitrogen and oxygen atoms in total. The SMILES string of the molecule is CC(C)c1cc2c(C(C)C)cccc2s1.CC(C)c1ccc2c(c1)N(C(C)C)CC2.CC(C)c1ccc2ccn(C(C)C)c2n1.CC(C)c1cnc2ccn(C(C)C)c2c1. The van der Waals surface area contributed by atoms with Crippen LogP contribution >= 0.6 is 11.3 Å². The minimum atomic E-state index is 0.470. The van der Waals surface area contributed by atoms with Gasteiger partial charge in [-0.25, -0.2) is 4.98 Å². The first-order valence-corrected chi connectivity index (χ1v) is 23.5. The highest BCUT2D eigenvalue weighted by molar-refractivity contribution is 7.19. The second-order valence-corrected chi connectivity index (χ2v) is 20.2. The summed E-state index contributed by atoms with van der Waals surface area (Å²) in [4.78, 5) is 13.2. The first-order chi connectivity index (χ1) is 28.4. The second kappa shape index (κ2) is 20.4. The van der Waals surface area contributed by atoms with Crippen LogP contribution < -0.4 is 4.90 Å². The Kier molecular flexibility index (Phi) is 15.9. The first-order valence-electron chi connectivity index (χ1n) is 22.7. The molecular formula is C54H75N5S. The van der Waals surface area contributed by atoms with Gasteiger partial charge >= 0.3 is 0 Å². The van der Waals surface area contributed by atoms with Crippen LogP contribution in [0.2, 0.25) is 0 Å². The molecule has 1 aliphatic heterocycles. The van der Waals surface area contributed by atoms with Gasteiger partial charge in [0, 0.05) is 69.6 Å². The van der Waals surface area contributed by atoms with Crippen molar-refractivity contribution in [3.8, 4) is 0 Å². The van der Waals surface area contributed by atoms with Crippen LogP contribution in [0.25, 0.3) is 32.2 Å². The Balaban J connectivity index is 0.000000152. The molecule has 0 bridgehead atoms. The number of hydrogen-bond acceptors (Lipinski definition) is 4. The molecule has 5 aromatic heterocycles. The van der Waals surface area contributed by atoms with E-state index in [0.29, 0.717) is 47.7 Å².